The van der Waals surface area contributed by atoms with Gasteiger partial charge in [-0.05, 0) is 74.7 Å². The van der Waals surface area contributed by atoms with Crippen molar-refractivity contribution in [2.24, 2.45) is 0 Å². The predicted molar refractivity (Wildman–Crippen MR) is 116 cm³/mol. The van der Waals surface area contributed by atoms with Crippen LogP contribution in [0.25, 0.3) is 0 Å². The topological polar surface area (TPSA) is 15.3 Å². The Morgan fingerprint density at radius 2 is 1.63 bits per heavy atom. The monoisotopic (exact) mass is 384 g/mol. The summed E-state index contributed by atoms with van der Waals surface area (Å²) in [6, 6.07) is 11.6. The lowest BCUT2D eigenvalue weighted by Crippen LogP contribution is -2.43. The van der Waals surface area contributed by atoms with E-state index >= 15 is 0 Å². The molecule has 2 aromatic carbocycles. The lowest BCUT2D eigenvalue weighted by molar-refractivity contribution is 0.240. The molecule has 0 saturated heterocycles. The highest BCUT2D eigenvalue weighted by molar-refractivity contribution is 7.80. The number of hydrogen-bond acceptors (Lipinski definition) is 1. The SMILES string of the molecule is Cc1cc(C)c(NC(=S)N(Cc2ccc(F)cc2)C2CCCCC2)c(C)c1. The van der Waals surface area contributed by atoms with Crippen LogP contribution in [0.1, 0.15) is 54.4 Å². The fourth-order valence-corrected chi connectivity index (χ4v) is 4.42. The van der Waals surface area contributed by atoms with E-state index in [-0.39, 0.29) is 5.82 Å². The Balaban J connectivity index is 1.83. The molecule has 0 atom stereocenters. The number of rotatable bonds is 4. The quantitative estimate of drug-likeness (QED) is 0.624. The van der Waals surface area contributed by atoms with Crippen molar-refractivity contribution in [3.8, 4) is 0 Å². The minimum atomic E-state index is -0.199. The number of nitrogens with zero attached hydrogens (tertiary/aromatic N) is 1. The molecule has 1 aliphatic carbocycles. The molecule has 27 heavy (non-hydrogen) atoms. The molecule has 4 heteroatoms. The zero-order valence-electron chi connectivity index (χ0n) is 16.5. The molecule has 0 bridgehead atoms. The van der Waals surface area contributed by atoms with Crippen LogP contribution in [0.5, 0.6) is 0 Å². The molecule has 0 aliphatic heterocycles. The standard InChI is InChI=1S/C23H29FN2S/c1-16-13-17(2)22(18(3)14-16)25-23(27)26(21-7-5-4-6-8-21)15-19-9-11-20(24)12-10-19/h9-14,21H,4-8,15H2,1-3H3,(H,25,27). The van der Waals surface area contributed by atoms with Crippen LogP contribution >= 0.6 is 12.2 Å². The van der Waals surface area contributed by atoms with Crippen molar-refractivity contribution in [3.05, 3.63) is 64.5 Å². The van der Waals surface area contributed by atoms with Gasteiger partial charge in [-0.1, -0.05) is 49.1 Å². The van der Waals surface area contributed by atoms with E-state index in [1.54, 1.807) is 0 Å². The van der Waals surface area contributed by atoms with Crippen LogP contribution in [0, 0.1) is 26.6 Å². The van der Waals surface area contributed by atoms with Crippen molar-refractivity contribution in [1.82, 2.24) is 4.90 Å². The van der Waals surface area contributed by atoms with Gasteiger partial charge in [0.1, 0.15) is 5.82 Å². The third-order valence-electron chi connectivity index (χ3n) is 5.45. The number of halogens is 1. The number of anilines is 1. The van der Waals surface area contributed by atoms with Gasteiger partial charge in [-0.3, -0.25) is 0 Å². The molecule has 2 aromatic rings. The number of benzene rings is 2. The molecule has 1 N–H and O–H groups in total. The molecular formula is C23H29FN2S. The average molecular weight is 385 g/mol. The molecule has 0 amide bonds. The van der Waals surface area contributed by atoms with Gasteiger partial charge in [0, 0.05) is 18.3 Å². The van der Waals surface area contributed by atoms with E-state index < -0.39 is 0 Å². The minimum Gasteiger partial charge on any atom is -0.342 e. The van der Waals surface area contributed by atoms with Gasteiger partial charge in [0.25, 0.3) is 0 Å². The van der Waals surface area contributed by atoms with Crippen molar-refractivity contribution in [2.75, 3.05) is 5.32 Å². The van der Waals surface area contributed by atoms with Gasteiger partial charge in [-0.25, -0.2) is 4.39 Å². The summed E-state index contributed by atoms with van der Waals surface area (Å²) >= 11 is 5.86. The minimum absolute atomic E-state index is 0.199. The summed E-state index contributed by atoms with van der Waals surface area (Å²) < 4.78 is 13.3. The number of hydrogen-bond donors (Lipinski definition) is 1. The lowest BCUT2D eigenvalue weighted by Gasteiger charge is -2.37. The molecule has 144 valence electrons. The summed E-state index contributed by atoms with van der Waals surface area (Å²) in [6.07, 6.45) is 6.12. The first kappa shape index (κ1) is 19.8. The van der Waals surface area contributed by atoms with Gasteiger partial charge in [-0.15, -0.1) is 0 Å². The Bertz CT molecular complexity index is 772. The molecule has 0 heterocycles. The van der Waals surface area contributed by atoms with Gasteiger partial charge in [0.05, 0.1) is 0 Å². The van der Waals surface area contributed by atoms with Gasteiger partial charge < -0.3 is 10.2 Å². The molecule has 0 aromatic heterocycles. The normalized spacial score (nSPS) is 14.8. The van der Waals surface area contributed by atoms with Gasteiger partial charge >= 0.3 is 0 Å². The highest BCUT2D eigenvalue weighted by atomic mass is 32.1. The third-order valence-corrected chi connectivity index (χ3v) is 5.79. The van der Waals surface area contributed by atoms with Crippen molar-refractivity contribution in [1.29, 1.82) is 0 Å². The van der Waals surface area contributed by atoms with Crippen LogP contribution in [0.15, 0.2) is 36.4 Å². The number of thiocarbonyl (C=S) groups is 1. The molecule has 1 fully saturated rings. The molecule has 3 rings (SSSR count). The first-order valence-corrected chi connectivity index (χ1v) is 10.2. The first-order chi connectivity index (χ1) is 12.9. The Morgan fingerprint density at radius 3 is 2.22 bits per heavy atom. The van der Waals surface area contributed by atoms with E-state index in [0.717, 1.165) is 29.2 Å². The Labute approximate surface area is 167 Å². The van der Waals surface area contributed by atoms with Gasteiger partial charge in [-0.2, -0.15) is 0 Å². The maximum Gasteiger partial charge on any atom is 0.173 e. The van der Waals surface area contributed by atoms with Crippen molar-refractivity contribution < 1.29 is 4.39 Å². The van der Waals surface area contributed by atoms with E-state index in [1.807, 2.05) is 12.1 Å². The number of nitrogens with one attached hydrogen (secondary N) is 1. The molecule has 0 spiro atoms. The Hall–Kier alpha value is -1.94. The van der Waals surface area contributed by atoms with Crippen molar-refractivity contribution in [3.63, 3.8) is 0 Å². The zero-order valence-corrected chi connectivity index (χ0v) is 17.3. The van der Waals surface area contributed by atoms with E-state index in [9.17, 15) is 4.39 Å². The van der Waals surface area contributed by atoms with E-state index in [2.05, 4.69) is 43.1 Å². The maximum absolute atomic E-state index is 13.3. The first-order valence-electron chi connectivity index (χ1n) is 9.84. The second-order valence-corrected chi connectivity index (χ2v) is 8.14. The van der Waals surface area contributed by atoms with Crippen LogP contribution in [-0.2, 0) is 6.54 Å². The summed E-state index contributed by atoms with van der Waals surface area (Å²) in [4.78, 5) is 2.31. The largest absolute Gasteiger partial charge is 0.342 e. The van der Waals surface area contributed by atoms with Crippen LogP contribution < -0.4 is 5.32 Å². The molecule has 1 aliphatic rings. The van der Waals surface area contributed by atoms with Crippen molar-refractivity contribution >= 4 is 23.0 Å². The van der Waals surface area contributed by atoms with Crippen LogP contribution in [-0.4, -0.2) is 16.1 Å². The molecule has 0 unspecified atom stereocenters. The summed E-state index contributed by atoms with van der Waals surface area (Å²) in [7, 11) is 0. The second kappa shape index (κ2) is 8.83. The highest BCUT2D eigenvalue weighted by Crippen LogP contribution is 2.27. The van der Waals surface area contributed by atoms with Crippen LogP contribution in [0.3, 0.4) is 0 Å². The summed E-state index contributed by atoms with van der Waals surface area (Å²) in [5.74, 6) is -0.199. The predicted octanol–water partition coefficient (Wildman–Crippen LogP) is 6.28. The van der Waals surface area contributed by atoms with Crippen LogP contribution in [0.2, 0.25) is 0 Å². The fourth-order valence-electron chi connectivity index (χ4n) is 4.10. The van der Waals surface area contributed by atoms with E-state index in [0.29, 0.717) is 12.6 Å². The molecular weight excluding hydrogens is 355 g/mol. The fraction of sp³-hybridized carbons (Fsp3) is 0.435. The van der Waals surface area contributed by atoms with Gasteiger partial charge in [0.15, 0.2) is 5.11 Å². The smallest absolute Gasteiger partial charge is 0.173 e. The second-order valence-electron chi connectivity index (χ2n) is 7.75. The average Bonchev–Trinajstić information content (AvgIpc) is 2.64. The third kappa shape index (κ3) is 5.07. The molecule has 0 radical (unpaired) electrons. The van der Waals surface area contributed by atoms with E-state index in [4.69, 9.17) is 12.2 Å². The van der Waals surface area contributed by atoms with Gasteiger partial charge in [0.2, 0.25) is 0 Å². The zero-order chi connectivity index (χ0) is 19.4. The molecule has 1 saturated carbocycles. The Kier molecular flexibility index (Phi) is 6.48. The number of aryl methyl sites for hydroxylation is 3. The Morgan fingerprint density at radius 1 is 1.04 bits per heavy atom. The van der Waals surface area contributed by atoms with Crippen LogP contribution in [0.4, 0.5) is 10.1 Å². The highest BCUT2D eigenvalue weighted by Gasteiger charge is 2.24. The summed E-state index contributed by atoms with van der Waals surface area (Å²) in [5, 5.41) is 4.28. The summed E-state index contributed by atoms with van der Waals surface area (Å²) in [6.45, 7) is 7.07. The van der Waals surface area contributed by atoms with Crippen molar-refractivity contribution in [2.45, 2.75) is 65.5 Å². The lowest BCUT2D eigenvalue weighted by atomic mass is 9.94. The molecule has 2 nitrogen and oxygen atoms in total. The van der Waals surface area contributed by atoms with E-state index in [1.165, 1.54) is 48.1 Å². The maximum atomic E-state index is 13.3. The summed E-state index contributed by atoms with van der Waals surface area (Å²) in [5.41, 5.74) is 5.87.